The Morgan fingerprint density at radius 1 is 1.19 bits per heavy atom. The Morgan fingerprint density at radius 2 is 1.90 bits per heavy atom. The number of rotatable bonds is 5. The number of hydrogen-bond donors (Lipinski definition) is 1. The van der Waals surface area contributed by atoms with Crippen LogP contribution in [-0.2, 0) is 17.8 Å². The highest BCUT2D eigenvalue weighted by Gasteiger charge is 2.15. The van der Waals surface area contributed by atoms with Gasteiger partial charge in [-0.05, 0) is 25.0 Å². The summed E-state index contributed by atoms with van der Waals surface area (Å²) in [6.45, 7) is 6.50. The summed E-state index contributed by atoms with van der Waals surface area (Å²) in [5, 5.41) is 3.05. The Hall–Kier alpha value is -2.16. The predicted octanol–water partition coefficient (Wildman–Crippen LogP) is 2.72. The smallest absolute Gasteiger partial charge is 0.286 e. The molecule has 0 aliphatic rings. The summed E-state index contributed by atoms with van der Waals surface area (Å²) in [5.41, 5.74) is 3.45. The zero-order valence-electron chi connectivity index (χ0n) is 13.0. The van der Waals surface area contributed by atoms with Gasteiger partial charge in [0.15, 0.2) is 11.9 Å². The molecule has 3 nitrogen and oxygen atoms in total. The van der Waals surface area contributed by atoms with Crippen molar-refractivity contribution in [2.24, 2.45) is 0 Å². The van der Waals surface area contributed by atoms with Crippen molar-refractivity contribution in [1.82, 2.24) is 5.32 Å². The Bertz CT molecular complexity index is 608. The molecule has 2 aromatic rings. The number of carbonyl (C=O) groups excluding carboxylic acids is 1. The molecule has 2 rings (SSSR count). The lowest BCUT2D eigenvalue weighted by Gasteiger charge is -2.13. The van der Waals surface area contributed by atoms with Crippen LogP contribution in [0.2, 0.25) is 0 Å². The Morgan fingerprint density at radius 3 is 2.57 bits per heavy atom. The molecule has 21 heavy (non-hydrogen) atoms. The molecule has 1 N–H and O–H groups in total. The number of benzene rings is 1. The van der Waals surface area contributed by atoms with Crippen molar-refractivity contribution in [3.8, 4) is 0 Å². The largest absolute Gasteiger partial charge is 0.344 e. The maximum Gasteiger partial charge on any atom is 0.286 e. The van der Waals surface area contributed by atoms with Crippen LogP contribution in [-0.4, -0.2) is 5.91 Å². The summed E-state index contributed by atoms with van der Waals surface area (Å²) in [4.78, 5) is 12.2. The van der Waals surface area contributed by atoms with E-state index in [0.29, 0.717) is 6.54 Å². The van der Waals surface area contributed by atoms with Crippen LogP contribution in [0.4, 0.5) is 0 Å². The van der Waals surface area contributed by atoms with Gasteiger partial charge in [0.1, 0.15) is 0 Å². The number of nitrogens with zero attached hydrogens (tertiary/aromatic N) is 1. The van der Waals surface area contributed by atoms with E-state index in [4.69, 9.17) is 0 Å². The minimum absolute atomic E-state index is 0.0222. The van der Waals surface area contributed by atoms with E-state index < -0.39 is 0 Å². The molecule has 0 saturated heterocycles. The highest BCUT2D eigenvalue weighted by molar-refractivity contribution is 5.74. The molecule has 0 aliphatic carbocycles. The van der Waals surface area contributed by atoms with Crippen molar-refractivity contribution >= 4 is 5.91 Å². The summed E-state index contributed by atoms with van der Waals surface area (Å²) in [7, 11) is 0. The SMILES string of the molecule is CCc1ccc(C)[n+](CC(=O)N[C@@H](C)c2ccccc2)c1. The monoisotopic (exact) mass is 283 g/mol. The van der Waals surface area contributed by atoms with Gasteiger partial charge in [-0.2, -0.15) is 4.57 Å². The van der Waals surface area contributed by atoms with Crippen LogP contribution in [0.5, 0.6) is 0 Å². The van der Waals surface area contributed by atoms with Crippen LogP contribution in [0.1, 0.15) is 36.7 Å². The van der Waals surface area contributed by atoms with Crippen LogP contribution in [0, 0.1) is 6.92 Å². The Labute approximate surface area is 126 Å². The number of aryl methyl sites for hydroxylation is 2. The second-order valence-electron chi connectivity index (χ2n) is 5.36. The van der Waals surface area contributed by atoms with E-state index in [9.17, 15) is 4.79 Å². The fourth-order valence-electron chi connectivity index (χ4n) is 2.31. The number of aromatic nitrogens is 1. The van der Waals surface area contributed by atoms with E-state index in [1.54, 1.807) is 0 Å². The summed E-state index contributed by atoms with van der Waals surface area (Å²) < 4.78 is 2.01. The van der Waals surface area contributed by atoms with E-state index in [0.717, 1.165) is 17.7 Å². The first-order valence-electron chi connectivity index (χ1n) is 7.43. The predicted molar refractivity (Wildman–Crippen MR) is 83.8 cm³/mol. The van der Waals surface area contributed by atoms with Crippen molar-refractivity contribution < 1.29 is 9.36 Å². The van der Waals surface area contributed by atoms with Crippen molar-refractivity contribution in [1.29, 1.82) is 0 Å². The van der Waals surface area contributed by atoms with Crippen LogP contribution in [0.25, 0.3) is 0 Å². The fraction of sp³-hybridized carbons (Fsp3) is 0.333. The average molecular weight is 283 g/mol. The summed E-state index contributed by atoms with van der Waals surface area (Å²) in [6, 6.07) is 14.2. The van der Waals surface area contributed by atoms with Gasteiger partial charge in [-0.25, -0.2) is 0 Å². The molecule has 0 fully saturated rings. The van der Waals surface area contributed by atoms with E-state index in [2.05, 4.69) is 30.6 Å². The molecule has 3 heteroatoms. The number of amides is 1. The van der Waals surface area contributed by atoms with Crippen molar-refractivity contribution in [3.63, 3.8) is 0 Å². The normalized spacial score (nSPS) is 12.0. The first-order chi connectivity index (χ1) is 10.1. The molecular formula is C18H23N2O+. The molecule has 0 aliphatic heterocycles. The maximum atomic E-state index is 12.2. The van der Waals surface area contributed by atoms with Gasteiger partial charge < -0.3 is 5.32 Å². The van der Waals surface area contributed by atoms with Gasteiger partial charge in [0, 0.05) is 18.6 Å². The van der Waals surface area contributed by atoms with Gasteiger partial charge >= 0.3 is 0 Å². The molecule has 1 aromatic heterocycles. The van der Waals surface area contributed by atoms with Crippen LogP contribution < -0.4 is 9.88 Å². The molecular weight excluding hydrogens is 260 g/mol. The highest BCUT2D eigenvalue weighted by atomic mass is 16.2. The summed E-state index contributed by atoms with van der Waals surface area (Å²) >= 11 is 0. The third kappa shape index (κ3) is 4.15. The van der Waals surface area contributed by atoms with E-state index in [-0.39, 0.29) is 11.9 Å². The van der Waals surface area contributed by atoms with Crippen molar-refractivity contribution in [2.75, 3.05) is 0 Å². The lowest BCUT2D eigenvalue weighted by atomic mass is 10.1. The van der Waals surface area contributed by atoms with Crippen LogP contribution >= 0.6 is 0 Å². The van der Waals surface area contributed by atoms with E-state index in [1.807, 2.05) is 48.7 Å². The second kappa shape index (κ2) is 7.02. The molecule has 1 atom stereocenters. The third-order valence-corrected chi connectivity index (χ3v) is 3.71. The second-order valence-corrected chi connectivity index (χ2v) is 5.36. The van der Waals surface area contributed by atoms with Gasteiger partial charge in [-0.1, -0.05) is 37.3 Å². The van der Waals surface area contributed by atoms with Gasteiger partial charge in [0.05, 0.1) is 6.04 Å². The summed E-state index contributed by atoms with van der Waals surface area (Å²) in [5.74, 6) is 0.0349. The molecule has 110 valence electrons. The first-order valence-corrected chi connectivity index (χ1v) is 7.43. The number of carbonyl (C=O) groups is 1. The van der Waals surface area contributed by atoms with Gasteiger partial charge in [-0.3, -0.25) is 4.79 Å². The molecule has 0 bridgehead atoms. The molecule has 1 heterocycles. The lowest BCUT2D eigenvalue weighted by molar-refractivity contribution is -0.690. The molecule has 0 unspecified atom stereocenters. The molecule has 1 amide bonds. The molecule has 0 radical (unpaired) electrons. The number of pyridine rings is 1. The standard InChI is InChI=1S/C18H22N2O/c1-4-16-11-10-14(2)20(12-16)13-18(21)19-15(3)17-8-6-5-7-9-17/h5-12,15H,4,13H2,1-3H3/p+1/t15-/m0/s1. The van der Waals surface area contributed by atoms with Crippen molar-refractivity contribution in [3.05, 3.63) is 65.5 Å². The average Bonchev–Trinajstić information content (AvgIpc) is 2.50. The number of nitrogens with one attached hydrogen (secondary N) is 1. The van der Waals surface area contributed by atoms with Gasteiger partial charge in [0.25, 0.3) is 5.91 Å². The van der Waals surface area contributed by atoms with Crippen LogP contribution in [0.15, 0.2) is 48.7 Å². The van der Waals surface area contributed by atoms with Gasteiger partial charge in [-0.15, -0.1) is 0 Å². The van der Waals surface area contributed by atoms with Crippen molar-refractivity contribution in [2.45, 2.75) is 39.8 Å². The third-order valence-electron chi connectivity index (χ3n) is 3.71. The van der Waals surface area contributed by atoms with E-state index in [1.165, 1.54) is 5.56 Å². The molecule has 0 saturated carbocycles. The highest BCUT2D eigenvalue weighted by Crippen LogP contribution is 2.10. The fourth-order valence-corrected chi connectivity index (χ4v) is 2.31. The topological polar surface area (TPSA) is 33.0 Å². The lowest BCUT2D eigenvalue weighted by Crippen LogP contribution is -2.45. The Balaban J connectivity index is 2.02. The Kier molecular flexibility index (Phi) is 5.09. The minimum Gasteiger partial charge on any atom is -0.344 e. The van der Waals surface area contributed by atoms with Crippen LogP contribution in [0.3, 0.4) is 0 Å². The zero-order chi connectivity index (χ0) is 15.2. The minimum atomic E-state index is 0.0222. The molecule has 0 spiro atoms. The first kappa shape index (κ1) is 15.2. The van der Waals surface area contributed by atoms with Gasteiger partial charge in [0.2, 0.25) is 6.54 Å². The molecule has 1 aromatic carbocycles. The maximum absolute atomic E-state index is 12.2. The quantitative estimate of drug-likeness (QED) is 0.841. The zero-order valence-corrected chi connectivity index (χ0v) is 13.0. The van der Waals surface area contributed by atoms with E-state index >= 15 is 0 Å². The number of hydrogen-bond acceptors (Lipinski definition) is 1. The summed E-state index contributed by atoms with van der Waals surface area (Å²) in [6.07, 6.45) is 3.03.